The molecule has 0 unspecified atom stereocenters. The van der Waals surface area contributed by atoms with Crippen LogP contribution in [0.5, 0.6) is 0 Å². The lowest BCUT2D eigenvalue weighted by molar-refractivity contribution is 1.12. The van der Waals surface area contributed by atoms with E-state index in [9.17, 15) is 0 Å². The number of aryl methyl sites for hydroxylation is 1. The summed E-state index contributed by atoms with van der Waals surface area (Å²) in [6.07, 6.45) is 1.87. The molecule has 0 radical (unpaired) electrons. The van der Waals surface area contributed by atoms with Crippen LogP contribution in [-0.2, 0) is 6.54 Å². The third-order valence-corrected chi connectivity index (χ3v) is 4.38. The Kier molecular flexibility index (Phi) is 3.31. The molecular formula is C12H13N5S2. The first-order chi connectivity index (χ1) is 9.26. The molecule has 0 aliphatic carbocycles. The Balaban J connectivity index is 1.96. The van der Waals surface area contributed by atoms with Gasteiger partial charge >= 0.3 is 0 Å². The van der Waals surface area contributed by atoms with Gasteiger partial charge < -0.3 is 10.6 Å². The Morgan fingerprint density at radius 2 is 2.21 bits per heavy atom. The number of nitrogens with one attached hydrogen (secondary N) is 2. The Morgan fingerprint density at radius 1 is 1.32 bits per heavy atom. The maximum absolute atomic E-state index is 4.49. The van der Waals surface area contributed by atoms with Crippen LogP contribution in [0.15, 0.2) is 17.8 Å². The lowest BCUT2D eigenvalue weighted by Crippen LogP contribution is -2.04. The number of rotatable bonds is 4. The molecule has 0 aliphatic rings. The van der Waals surface area contributed by atoms with Crippen molar-refractivity contribution in [3.05, 3.63) is 27.5 Å². The van der Waals surface area contributed by atoms with E-state index in [1.807, 2.05) is 18.8 Å². The van der Waals surface area contributed by atoms with Crippen LogP contribution in [0.3, 0.4) is 0 Å². The Hall–Kier alpha value is -1.73. The molecule has 0 saturated carbocycles. The standard InChI is InChI=1S/C12H13N5S2/c1-7-3-9-10(15-5-8-4-14-6-18-8)16-12(13-2)17-11(9)19-7/h3-4,6H,5H2,1-2H3,(H2,13,15,16,17). The zero-order valence-corrected chi connectivity index (χ0v) is 12.2. The van der Waals surface area contributed by atoms with Crippen molar-refractivity contribution in [2.45, 2.75) is 13.5 Å². The van der Waals surface area contributed by atoms with Crippen molar-refractivity contribution < 1.29 is 0 Å². The van der Waals surface area contributed by atoms with Crippen molar-refractivity contribution in [2.24, 2.45) is 0 Å². The minimum absolute atomic E-state index is 0.640. The first-order valence-electron chi connectivity index (χ1n) is 5.83. The third-order valence-electron chi connectivity index (χ3n) is 2.65. The van der Waals surface area contributed by atoms with E-state index in [0.717, 1.165) is 22.6 Å². The SMILES string of the molecule is CNc1nc(NCc2cncs2)c2cc(C)sc2n1. The maximum Gasteiger partial charge on any atom is 0.225 e. The predicted molar refractivity (Wildman–Crippen MR) is 81.1 cm³/mol. The molecule has 19 heavy (non-hydrogen) atoms. The topological polar surface area (TPSA) is 62.7 Å². The lowest BCUT2D eigenvalue weighted by Gasteiger charge is -2.07. The number of hydrogen-bond acceptors (Lipinski definition) is 7. The summed E-state index contributed by atoms with van der Waals surface area (Å²) >= 11 is 3.31. The molecule has 0 saturated heterocycles. The molecule has 0 spiro atoms. The number of thiophene rings is 1. The van der Waals surface area contributed by atoms with E-state index < -0.39 is 0 Å². The van der Waals surface area contributed by atoms with E-state index in [1.54, 1.807) is 22.7 Å². The fraction of sp³-hybridized carbons (Fsp3) is 0.250. The summed E-state index contributed by atoms with van der Waals surface area (Å²) < 4.78 is 0. The van der Waals surface area contributed by atoms with Gasteiger partial charge in [0, 0.05) is 23.0 Å². The molecule has 0 bridgehead atoms. The lowest BCUT2D eigenvalue weighted by atomic mass is 10.3. The van der Waals surface area contributed by atoms with Crippen molar-refractivity contribution in [3.63, 3.8) is 0 Å². The van der Waals surface area contributed by atoms with Crippen LogP contribution in [0.2, 0.25) is 0 Å². The number of fused-ring (bicyclic) bond motifs is 1. The van der Waals surface area contributed by atoms with Crippen molar-refractivity contribution in [1.82, 2.24) is 15.0 Å². The minimum Gasteiger partial charge on any atom is -0.364 e. The molecule has 2 N–H and O–H groups in total. The molecule has 7 heteroatoms. The first-order valence-corrected chi connectivity index (χ1v) is 7.53. The highest BCUT2D eigenvalue weighted by molar-refractivity contribution is 7.18. The molecule has 5 nitrogen and oxygen atoms in total. The highest BCUT2D eigenvalue weighted by Crippen LogP contribution is 2.29. The minimum atomic E-state index is 0.640. The van der Waals surface area contributed by atoms with Crippen LogP contribution in [0.25, 0.3) is 10.2 Å². The van der Waals surface area contributed by atoms with Crippen LogP contribution >= 0.6 is 22.7 Å². The highest BCUT2D eigenvalue weighted by atomic mass is 32.1. The molecule has 0 atom stereocenters. The molecule has 98 valence electrons. The molecule has 3 rings (SSSR count). The number of hydrogen-bond donors (Lipinski definition) is 2. The van der Waals surface area contributed by atoms with E-state index in [0.29, 0.717) is 5.95 Å². The van der Waals surface area contributed by atoms with Gasteiger partial charge in [-0.15, -0.1) is 22.7 Å². The summed E-state index contributed by atoms with van der Waals surface area (Å²) in [5, 5.41) is 7.44. The second kappa shape index (κ2) is 5.10. The fourth-order valence-electron chi connectivity index (χ4n) is 1.79. The van der Waals surface area contributed by atoms with E-state index in [4.69, 9.17) is 0 Å². The van der Waals surface area contributed by atoms with E-state index in [1.165, 1.54) is 9.75 Å². The van der Waals surface area contributed by atoms with Gasteiger partial charge in [-0.1, -0.05) is 0 Å². The molecule has 3 aromatic rings. The van der Waals surface area contributed by atoms with Crippen molar-refractivity contribution in [2.75, 3.05) is 17.7 Å². The Morgan fingerprint density at radius 3 is 2.95 bits per heavy atom. The smallest absolute Gasteiger partial charge is 0.225 e. The zero-order chi connectivity index (χ0) is 13.2. The van der Waals surface area contributed by atoms with E-state index in [2.05, 4.69) is 38.6 Å². The van der Waals surface area contributed by atoms with Gasteiger partial charge in [-0.25, -0.2) is 4.98 Å². The molecule has 0 fully saturated rings. The van der Waals surface area contributed by atoms with Crippen LogP contribution in [0.4, 0.5) is 11.8 Å². The second-order valence-electron chi connectivity index (χ2n) is 4.04. The summed E-state index contributed by atoms with van der Waals surface area (Å²) in [5.41, 5.74) is 1.83. The number of thiazole rings is 1. The second-order valence-corrected chi connectivity index (χ2v) is 6.25. The van der Waals surface area contributed by atoms with Crippen LogP contribution in [0.1, 0.15) is 9.75 Å². The summed E-state index contributed by atoms with van der Waals surface area (Å²) in [6.45, 7) is 2.81. The third kappa shape index (κ3) is 2.52. The van der Waals surface area contributed by atoms with Gasteiger partial charge in [0.1, 0.15) is 10.6 Å². The Labute approximate surface area is 118 Å². The van der Waals surface area contributed by atoms with Gasteiger partial charge in [0.15, 0.2) is 0 Å². The monoisotopic (exact) mass is 291 g/mol. The molecular weight excluding hydrogens is 278 g/mol. The van der Waals surface area contributed by atoms with Crippen molar-refractivity contribution in [3.8, 4) is 0 Å². The summed E-state index contributed by atoms with van der Waals surface area (Å²) in [6, 6.07) is 2.12. The molecule has 0 aromatic carbocycles. The van der Waals surface area contributed by atoms with Gasteiger partial charge in [-0.05, 0) is 13.0 Å². The molecule has 3 aromatic heterocycles. The van der Waals surface area contributed by atoms with E-state index in [-0.39, 0.29) is 0 Å². The zero-order valence-electron chi connectivity index (χ0n) is 10.6. The van der Waals surface area contributed by atoms with Gasteiger partial charge in [-0.2, -0.15) is 4.98 Å². The summed E-state index contributed by atoms with van der Waals surface area (Å²) in [4.78, 5) is 16.4. The molecule has 0 aliphatic heterocycles. The van der Waals surface area contributed by atoms with Gasteiger partial charge in [0.2, 0.25) is 5.95 Å². The summed E-state index contributed by atoms with van der Waals surface area (Å²) in [5.74, 6) is 1.51. The number of nitrogens with zero attached hydrogens (tertiary/aromatic N) is 3. The van der Waals surface area contributed by atoms with Crippen LogP contribution in [-0.4, -0.2) is 22.0 Å². The van der Waals surface area contributed by atoms with Crippen LogP contribution in [0, 0.1) is 6.92 Å². The highest BCUT2D eigenvalue weighted by Gasteiger charge is 2.10. The largest absolute Gasteiger partial charge is 0.364 e. The predicted octanol–water partition coefficient (Wildman–Crippen LogP) is 3.11. The average Bonchev–Trinajstić information content (AvgIpc) is 3.03. The number of anilines is 2. The molecule has 0 amide bonds. The van der Waals surface area contributed by atoms with Crippen molar-refractivity contribution >= 4 is 44.7 Å². The normalized spacial score (nSPS) is 10.8. The van der Waals surface area contributed by atoms with Gasteiger partial charge in [0.05, 0.1) is 17.4 Å². The molecule has 3 heterocycles. The maximum atomic E-state index is 4.49. The van der Waals surface area contributed by atoms with Crippen LogP contribution < -0.4 is 10.6 Å². The van der Waals surface area contributed by atoms with E-state index >= 15 is 0 Å². The fourth-order valence-corrected chi connectivity index (χ4v) is 3.20. The van der Waals surface area contributed by atoms with Gasteiger partial charge in [-0.3, -0.25) is 4.98 Å². The first kappa shape index (κ1) is 12.3. The average molecular weight is 291 g/mol. The van der Waals surface area contributed by atoms with Crippen molar-refractivity contribution in [1.29, 1.82) is 0 Å². The number of aromatic nitrogens is 3. The summed E-state index contributed by atoms with van der Waals surface area (Å²) in [7, 11) is 1.83. The van der Waals surface area contributed by atoms with Gasteiger partial charge in [0.25, 0.3) is 0 Å². The Bertz CT molecular complexity index is 690. The quantitative estimate of drug-likeness (QED) is 0.773.